The van der Waals surface area contributed by atoms with Gasteiger partial charge in [0.2, 0.25) is 11.8 Å². The van der Waals surface area contributed by atoms with Gasteiger partial charge in [0.15, 0.2) is 0 Å². The van der Waals surface area contributed by atoms with Crippen molar-refractivity contribution in [3.8, 4) is 0 Å². The third-order valence-electron chi connectivity index (χ3n) is 4.20. The van der Waals surface area contributed by atoms with Gasteiger partial charge < -0.3 is 14.8 Å². The van der Waals surface area contributed by atoms with Crippen LogP contribution in [0.25, 0.3) is 0 Å². The Hall–Kier alpha value is -2.81. The maximum atomic E-state index is 12.9. The van der Waals surface area contributed by atoms with Crippen LogP contribution in [0.1, 0.15) is 18.4 Å². The largest absolute Gasteiger partial charge is 0.417 e. The van der Waals surface area contributed by atoms with Crippen molar-refractivity contribution in [2.45, 2.75) is 25.6 Å². The minimum atomic E-state index is -4.70. The second-order valence-electron chi connectivity index (χ2n) is 6.25. The quantitative estimate of drug-likeness (QED) is 0.836. The average molecular weight is 414 g/mol. The lowest BCUT2D eigenvalue weighted by Crippen LogP contribution is -2.29. The Balaban J connectivity index is 1.77. The number of halogens is 4. The van der Waals surface area contributed by atoms with Gasteiger partial charge in [-0.05, 0) is 30.7 Å². The topological polar surface area (TPSA) is 71.4 Å². The first-order valence-electron chi connectivity index (χ1n) is 8.32. The van der Waals surface area contributed by atoms with Gasteiger partial charge in [-0.1, -0.05) is 17.7 Å². The number of alkyl halides is 3. The van der Waals surface area contributed by atoms with Crippen molar-refractivity contribution in [2.24, 2.45) is 0 Å². The average Bonchev–Trinajstić information content (AvgIpc) is 3.04. The first-order valence-corrected chi connectivity index (χ1v) is 8.70. The van der Waals surface area contributed by atoms with E-state index < -0.39 is 34.8 Å². The molecule has 28 heavy (non-hydrogen) atoms. The summed E-state index contributed by atoms with van der Waals surface area (Å²) in [6, 6.07) is 7.04. The fourth-order valence-corrected chi connectivity index (χ4v) is 3.13. The molecule has 1 N–H and O–H groups in total. The zero-order valence-corrected chi connectivity index (χ0v) is 15.2. The zero-order valence-electron chi connectivity index (χ0n) is 14.4. The van der Waals surface area contributed by atoms with Gasteiger partial charge in [0.05, 0.1) is 5.56 Å². The minimum absolute atomic E-state index is 0.0198. The summed E-state index contributed by atoms with van der Waals surface area (Å²) in [5.41, 5.74) is -1.06. The third-order valence-corrected chi connectivity index (χ3v) is 4.47. The molecular formula is C18H15ClF3N3O3. The molecule has 1 aromatic heterocycles. The normalized spacial score (nSPS) is 14.4. The molecule has 0 spiro atoms. The summed E-state index contributed by atoms with van der Waals surface area (Å²) in [4.78, 5) is 37.6. The number of hydrogen-bond acceptors (Lipinski definition) is 3. The van der Waals surface area contributed by atoms with Crippen LogP contribution in [0.5, 0.6) is 0 Å². The van der Waals surface area contributed by atoms with Crippen LogP contribution in [-0.4, -0.2) is 22.9 Å². The molecular weight excluding hydrogens is 399 g/mol. The van der Waals surface area contributed by atoms with Crippen LogP contribution in [0.4, 0.5) is 24.5 Å². The van der Waals surface area contributed by atoms with Crippen molar-refractivity contribution in [3.05, 3.63) is 57.5 Å². The highest BCUT2D eigenvalue weighted by atomic mass is 35.5. The second-order valence-corrected chi connectivity index (χ2v) is 6.66. The molecule has 3 rings (SSSR count). The molecule has 1 aromatic carbocycles. The highest BCUT2D eigenvalue weighted by Crippen LogP contribution is 2.29. The van der Waals surface area contributed by atoms with E-state index in [1.54, 1.807) is 29.2 Å². The summed E-state index contributed by atoms with van der Waals surface area (Å²) in [7, 11) is 0. The lowest BCUT2D eigenvalue weighted by atomic mass is 10.2. The van der Waals surface area contributed by atoms with Gasteiger partial charge >= 0.3 is 6.18 Å². The number of rotatable bonds is 4. The molecule has 0 atom stereocenters. The van der Waals surface area contributed by atoms with Crippen molar-refractivity contribution in [3.63, 3.8) is 0 Å². The molecule has 2 heterocycles. The summed E-state index contributed by atoms with van der Waals surface area (Å²) in [6.07, 6.45) is -2.95. The molecule has 1 saturated heterocycles. The Morgan fingerprint density at radius 3 is 2.61 bits per heavy atom. The van der Waals surface area contributed by atoms with Crippen LogP contribution in [0.2, 0.25) is 5.02 Å². The van der Waals surface area contributed by atoms with Gasteiger partial charge in [-0.3, -0.25) is 14.4 Å². The first kappa shape index (κ1) is 19.9. The van der Waals surface area contributed by atoms with Crippen LogP contribution in [-0.2, 0) is 22.3 Å². The number of amides is 2. The molecule has 0 radical (unpaired) electrons. The highest BCUT2D eigenvalue weighted by Gasteiger charge is 2.32. The minimum Gasteiger partial charge on any atom is -0.324 e. The highest BCUT2D eigenvalue weighted by molar-refractivity contribution is 6.30. The van der Waals surface area contributed by atoms with E-state index in [1.807, 2.05) is 0 Å². The van der Waals surface area contributed by atoms with E-state index in [1.165, 1.54) is 0 Å². The summed E-state index contributed by atoms with van der Waals surface area (Å²) < 4.78 is 39.2. The van der Waals surface area contributed by atoms with E-state index in [0.717, 1.165) is 6.42 Å². The van der Waals surface area contributed by atoms with Crippen LogP contribution >= 0.6 is 11.6 Å². The van der Waals surface area contributed by atoms with Gasteiger partial charge in [0.25, 0.3) is 5.56 Å². The Morgan fingerprint density at radius 1 is 1.21 bits per heavy atom. The molecule has 1 aliphatic heterocycles. The molecule has 2 aromatic rings. The lowest BCUT2D eigenvalue weighted by Gasteiger charge is -2.17. The number of nitrogens with zero attached hydrogens (tertiary/aromatic N) is 2. The molecule has 148 valence electrons. The van der Waals surface area contributed by atoms with Gasteiger partial charge in [-0.15, -0.1) is 0 Å². The summed E-state index contributed by atoms with van der Waals surface area (Å²) in [5.74, 6) is -0.726. The monoisotopic (exact) mass is 413 g/mol. The standard InChI is InChI=1S/C18H15ClF3N3O3/c19-14-7-11(18(20,21)22)9-24(17(14)28)10-15(26)23-12-3-1-4-13(8-12)25-6-2-5-16(25)27/h1,3-4,7-9H,2,5-6,10H2,(H,23,26). The van der Waals surface area contributed by atoms with Gasteiger partial charge in [-0.25, -0.2) is 0 Å². The lowest BCUT2D eigenvalue weighted by molar-refractivity contribution is -0.138. The number of carbonyl (C=O) groups excluding carboxylic acids is 2. The number of pyridine rings is 1. The molecule has 1 fully saturated rings. The molecule has 0 saturated carbocycles. The van der Waals surface area contributed by atoms with Crippen molar-refractivity contribution in [2.75, 3.05) is 16.8 Å². The Morgan fingerprint density at radius 2 is 1.96 bits per heavy atom. The summed E-state index contributed by atoms with van der Waals surface area (Å²) >= 11 is 5.57. The molecule has 0 bridgehead atoms. The second kappa shape index (κ2) is 7.67. The SMILES string of the molecule is O=C(Cn1cc(C(F)(F)F)cc(Cl)c1=O)Nc1cccc(N2CCCC2=O)c1. The van der Waals surface area contributed by atoms with Crippen molar-refractivity contribution in [1.82, 2.24) is 4.57 Å². The molecule has 1 aliphatic rings. The molecule has 0 aliphatic carbocycles. The zero-order chi connectivity index (χ0) is 20.5. The van der Waals surface area contributed by atoms with Crippen molar-refractivity contribution in [1.29, 1.82) is 0 Å². The summed E-state index contributed by atoms with van der Waals surface area (Å²) in [5, 5.41) is 1.89. The molecule has 10 heteroatoms. The van der Waals surface area contributed by atoms with E-state index in [-0.39, 0.29) is 5.91 Å². The van der Waals surface area contributed by atoms with Crippen molar-refractivity contribution >= 4 is 34.8 Å². The Bertz CT molecular complexity index is 988. The van der Waals surface area contributed by atoms with E-state index in [2.05, 4.69) is 5.32 Å². The molecule has 6 nitrogen and oxygen atoms in total. The summed E-state index contributed by atoms with van der Waals surface area (Å²) in [6.45, 7) is -0.0658. The van der Waals surface area contributed by atoms with Crippen LogP contribution in [0, 0.1) is 0 Å². The molecule has 2 amide bonds. The fraction of sp³-hybridized carbons (Fsp3) is 0.278. The van der Waals surface area contributed by atoms with E-state index in [0.29, 0.717) is 41.2 Å². The van der Waals surface area contributed by atoms with E-state index >= 15 is 0 Å². The van der Waals surface area contributed by atoms with E-state index in [4.69, 9.17) is 11.6 Å². The number of hydrogen-bond donors (Lipinski definition) is 1. The Kier molecular flexibility index (Phi) is 5.46. The Labute approximate surface area is 162 Å². The molecule has 0 unspecified atom stereocenters. The number of carbonyl (C=O) groups is 2. The number of aromatic nitrogens is 1. The number of nitrogens with one attached hydrogen (secondary N) is 1. The third kappa shape index (κ3) is 4.36. The number of benzene rings is 1. The fourth-order valence-electron chi connectivity index (χ4n) is 2.90. The van der Waals surface area contributed by atoms with Crippen molar-refractivity contribution < 1.29 is 22.8 Å². The van der Waals surface area contributed by atoms with Crippen LogP contribution in [0.15, 0.2) is 41.3 Å². The smallest absolute Gasteiger partial charge is 0.324 e. The van der Waals surface area contributed by atoms with E-state index in [9.17, 15) is 27.6 Å². The van der Waals surface area contributed by atoms with Gasteiger partial charge in [0, 0.05) is 30.5 Å². The number of anilines is 2. The van der Waals surface area contributed by atoms with Crippen LogP contribution in [0.3, 0.4) is 0 Å². The van der Waals surface area contributed by atoms with Crippen LogP contribution < -0.4 is 15.8 Å². The van der Waals surface area contributed by atoms with Gasteiger partial charge in [0.1, 0.15) is 11.6 Å². The van der Waals surface area contributed by atoms with Gasteiger partial charge in [-0.2, -0.15) is 13.2 Å². The predicted molar refractivity (Wildman–Crippen MR) is 97.4 cm³/mol. The maximum Gasteiger partial charge on any atom is 0.417 e. The predicted octanol–water partition coefficient (Wildman–Crippen LogP) is 3.29. The first-order chi connectivity index (χ1) is 13.1. The maximum absolute atomic E-state index is 12.9.